The van der Waals surface area contributed by atoms with Crippen LogP contribution in [0.2, 0.25) is 0 Å². The minimum Gasteiger partial charge on any atom is -0.494 e. The number of benzene rings is 2. The van der Waals surface area contributed by atoms with E-state index in [-0.39, 0.29) is 29.9 Å². The maximum Gasteiger partial charge on any atom is 0.310 e. The first kappa shape index (κ1) is 20.3. The smallest absolute Gasteiger partial charge is 0.310 e. The Balaban J connectivity index is 2.18. The van der Waals surface area contributed by atoms with Crippen molar-refractivity contribution in [3.63, 3.8) is 0 Å². The molecule has 0 aliphatic heterocycles. The van der Waals surface area contributed by atoms with Gasteiger partial charge in [-0.1, -0.05) is 12.7 Å². The van der Waals surface area contributed by atoms with Crippen LogP contribution < -0.4 is 4.74 Å². The predicted molar refractivity (Wildman–Crippen MR) is 104 cm³/mol. The lowest BCUT2D eigenvalue weighted by atomic mass is 10.1. The molecule has 5 nitrogen and oxygen atoms in total. The van der Waals surface area contributed by atoms with E-state index in [0.29, 0.717) is 16.6 Å². The second kappa shape index (κ2) is 8.26. The maximum absolute atomic E-state index is 14.4. The molecule has 3 rings (SSSR count). The lowest BCUT2D eigenvalue weighted by molar-refractivity contribution is -0.141. The Hall–Kier alpha value is -3.48. The maximum atomic E-state index is 14.4. The van der Waals surface area contributed by atoms with Crippen molar-refractivity contribution in [3.05, 3.63) is 77.5 Å². The highest BCUT2D eigenvalue weighted by atomic mass is 19.1. The fraction of sp³-hybridized carbons (Fsp3) is 0.182. The molecule has 3 aromatic rings. The molecule has 0 amide bonds. The van der Waals surface area contributed by atoms with Gasteiger partial charge in [0.25, 0.3) is 5.91 Å². The van der Waals surface area contributed by atoms with Crippen molar-refractivity contribution in [2.45, 2.75) is 13.3 Å². The molecule has 0 saturated heterocycles. The molecule has 0 fully saturated rings. The Labute approximate surface area is 166 Å². The van der Waals surface area contributed by atoms with Gasteiger partial charge in [-0.05, 0) is 42.8 Å². The number of hydrogen-bond acceptors (Lipinski definition) is 4. The molecule has 0 radical (unpaired) electrons. The third kappa shape index (κ3) is 3.89. The van der Waals surface area contributed by atoms with Gasteiger partial charge in [-0.25, -0.2) is 8.78 Å². The molecule has 2 aromatic carbocycles. The molecule has 7 heteroatoms. The number of fused-ring (bicyclic) bond motifs is 1. The summed E-state index contributed by atoms with van der Waals surface area (Å²) in [5.41, 5.74) is 1.48. The lowest BCUT2D eigenvalue weighted by Gasteiger charge is -2.08. The largest absolute Gasteiger partial charge is 0.494 e. The zero-order valence-electron chi connectivity index (χ0n) is 16.0. The summed E-state index contributed by atoms with van der Waals surface area (Å²) in [7, 11) is 1.33. The highest BCUT2D eigenvalue weighted by Gasteiger charge is 2.23. The number of rotatable bonds is 6. The molecule has 0 saturated carbocycles. The third-order valence-corrected chi connectivity index (χ3v) is 4.59. The van der Waals surface area contributed by atoms with Gasteiger partial charge in [-0.15, -0.1) is 0 Å². The molecule has 0 spiro atoms. The Morgan fingerprint density at radius 1 is 1.17 bits per heavy atom. The second-order valence-corrected chi connectivity index (χ2v) is 6.36. The fourth-order valence-electron chi connectivity index (χ4n) is 3.19. The molecule has 1 heterocycles. The minimum absolute atomic E-state index is 0.00964. The normalized spacial score (nSPS) is 10.8. The fourth-order valence-corrected chi connectivity index (χ4v) is 3.19. The summed E-state index contributed by atoms with van der Waals surface area (Å²) < 4.78 is 39.0. The van der Waals surface area contributed by atoms with E-state index in [1.807, 2.05) is 0 Å². The highest BCUT2D eigenvalue weighted by Crippen LogP contribution is 2.32. The number of nitrogens with zero attached hydrogens (tertiary/aromatic N) is 1. The Morgan fingerprint density at radius 3 is 2.48 bits per heavy atom. The van der Waals surface area contributed by atoms with E-state index in [9.17, 15) is 18.4 Å². The van der Waals surface area contributed by atoms with Crippen LogP contribution in [0.25, 0.3) is 10.9 Å². The average molecular weight is 399 g/mol. The number of hydrogen-bond donors (Lipinski definition) is 0. The third-order valence-electron chi connectivity index (χ3n) is 4.59. The standard InChI is InChI=1S/C22H19F2NO4/c1-4-9-29-21(26)11-16-13(2)25(22(27)14-5-7-15(23)8-6-14)19-12-18(24)20(28-3)10-17(16)19/h4-8,10,12H,1,9,11H2,2-3H3. The van der Waals surface area contributed by atoms with Crippen LogP contribution in [0, 0.1) is 18.6 Å². The number of carbonyl (C=O) groups is 2. The number of aromatic nitrogens is 1. The molecule has 0 bridgehead atoms. The molecular formula is C22H19F2NO4. The van der Waals surface area contributed by atoms with Gasteiger partial charge in [-0.3, -0.25) is 14.2 Å². The molecule has 0 aliphatic carbocycles. The number of ether oxygens (including phenoxy) is 2. The van der Waals surface area contributed by atoms with Crippen LogP contribution in [0.5, 0.6) is 5.75 Å². The molecule has 0 aliphatic rings. The first-order chi connectivity index (χ1) is 13.9. The Kier molecular flexibility index (Phi) is 5.77. The van der Waals surface area contributed by atoms with E-state index in [1.54, 1.807) is 6.92 Å². The summed E-state index contributed by atoms with van der Waals surface area (Å²) in [6, 6.07) is 7.67. The van der Waals surface area contributed by atoms with E-state index >= 15 is 0 Å². The monoisotopic (exact) mass is 399 g/mol. The Bertz CT molecular complexity index is 1100. The van der Waals surface area contributed by atoms with Crippen LogP contribution in [0.15, 0.2) is 49.1 Å². The summed E-state index contributed by atoms with van der Waals surface area (Å²) in [6.07, 6.45) is 1.33. The number of carbonyl (C=O) groups excluding carboxylic acids is 2. The van der Waals surface area contributed by atoms with E-state index < -0.39 is 23.5 Å². The van der Waals surface area contributed by atoms with Crippen molar-refractivity contribution in [1.82, 2.24) is 4.57 Å². The highest BCUT2D eigenvalue weighted by molar-refractivity contribution is 6.05. The summed E-state index contributed by atoms with van der Waals surface area (Å²) in [5, 5.41) is 0.492. The van der Waals surface area contributed by atoms with Gasteiger partial charge in [0.15, 0.2) is 11.6 Å². The predicted octanol–water partition coefficient (Wildman–Crippen LogP) is 4.20. The van der Waals surface area contributed by atoms with Crippen molar-refractivity contribution in [3.8, 4) is 5.75 Å². The molecule has 1 aromatic heterocycles. The average Bonchev–Trinajstić information content (AvgIpc) is 2.96. The second-order valence-electron chi connectivity index (χ2n) is 6.36. The van der Waals surface area contributed by atoms with Crippen molar-refractivity contribution in [2.75, 3.05) is 13.7 Å². The molecule has 150 valence electrons. The van der Waals surface area contributed by atoms with Gasteiger partial charge in [0.2, 0.25) is 0 Å². The zero-order chi connectivity index (χ0) is 21.1. The first-order valence-electron chi connectivity index (χ1n) is 8.81. The summed E-state index contributed by atoms with van der Waals surface area (Å²) in [6.45, 7) is 5.21. The van der Waals surface area contributed by atoms with Crippen LogP contribution in [-0.4, -0.2) is 30.2 Å². The van der Waals surface area contributed by atoms with Crippen LogP contribution in [0.3, 0.4) is 0 Å². The summed E-state index contributed by atoms with van der Waals surface area (Å²) in [5.74, 6) is -2.11. The van der Waals surface area contributed by atoms with Gasteiger partial charge in [0, 0.05) is 22.7 Å². The van der Waals surface area contributed by atoms with E-state index in [1.165, 1.54) is 54.2 Å². The molecule has 0 unspecified atom stereocenters. The SMILES string of the molecule is C=CCOC(=O)Cc1c(C)n(C(=O)c2ccc(F)cc2)c2cc(F)c(OC)cc12. The molecule has 0 atom stereocenters. The first-order valence-corrected chi connectivity index (χ1v) is 8.81. The molecule has 0 N–H and O–H groups in total. The van der Waals surface area contributed by atoms with Crippen molar-refractivity contribution in [2.24, 2.45) is 0 Å². The number of halogens is 2. The van der Waals surface area contributed by atoms with Crippen LogP contribution in [0.1, 0.15) is 21.6 Å². The van der Waals surface area contributed by atoms with E-state index in [2.05, 4.69) is 6.58 Å². The van der Waals surface area contributed by atoms with Crippen molar-refractivity contribution < 1.29 is 27.8 Å². The van der Waals surface area contributed by atoms with Crippen molar-refractivity contribution in [1.29, 1.82) is 0 Å². The van der Waals surface area contributed by atoms with Gasteiger partial charge >= 0.3 is 5.97 Å². The summed E-state index contributed by atoms with van der Waals surface area (Å²) in [4.78, 5) is 25.3. The number of esters is 1. The van der Waals surface area contributed by atoms with Crippen molar-refractivity contribution >= 4 is 22.8 Å². The molecular weight excluding hydrogens is 380 g/mol. The van der Waals surface area contributed by atoms with Gasteiger partial charge in [0.05, 0.1) is 19.0 Å². The van der Waals surface area contributed by atoms with Crippen LogP contribution in [0.4, 0.5) is 8.78 Å². The number of methoxy groups -OCH3 is 1. The van der Waals surface area contributed by atoms with Crippen LogP contribution >= 0.6 is 0 Å². The van der Waals surface area contributed by atoms with E-state index in [0.717, 1.165) is 0 Å². The van der Waals surface area contributed by atoms with Gasteiger partial charge in [0.1, 0.15) is 12.4 Å². The van der Waals surface area contributed by atoms with Gasteiger partial charge in [-0.2, -0.15) is 0 Å². The minimum atomic E-state index is -0.647. The zero-order valence-corrected chi connectivity index (χ0v) is 16.0. The topological polar surface area (TPSA) is 57.5 Å². The summed E-state index contributed by atoms with van der Waals surface area (Å²) >= 11 is 0. The quantitative estimate of drug-likeness (QED) is 0.461. The Morgan fingerprint density at radius 2 is 1.86 bits per heavy atom. The molecule has 29 heavy (non-hydrogen) atoms. The van der Waals surface area contributed by atoms with Crippen LogP contribution in [-0.2, 0) is 16.0 Å². The van der Waals surface area contributed by atoms with E-state index in [4.69, 9.17) is 9.47 Å². The lowest BCUT2D eigenvalue weighted by Crippen LogP contribution is -2.14. The van der Waals surface area contributed by atoms with Gasteiger partial charge < -0.3 is 9.47 Å².